The molecule has 180 valence electrons. The van der Waals surface area contributed by atoms with E-state index in [1.165, 1.54) is 55.6 Å². The number of carbonyl (C=O) groups is 1. The zero-order chi connectivity index (χ0) is 24.7. The maximum atomic E-state index is 13.7. The third-order valence-corrected chi connectivity index (χ3v) is 6.26. The Labute approximate surface area is 199 Å². The molecule has 0 saturated heterocycles. The molecular weight excluding hydrogens is 459 g/mol. The van der Waals surface area contributed by atoms with E-state index in [9.17, 15) is 17.6 Å². The first-order valence-corrected chi connectivity index (χ1v) is 12.0. The normalized spacial score (nSPS) is 11.3. The van der Waals surface area contributed by atoms with Gasteiger partial charge < -0.3 is 18.7 Å². The van der Waals surface area contributed by atoms with E-state index in [1.54, 1.807) is 29.2 Å². The van der Waals surface area contributed by atoms with E-state index in [0.717, 1.165) is 0 Å². The Hall–Kier alpha value is -3.43. The van der Waals surface area contributed by atoms with Crippen LogP contribution in [0, 0.1) is 5.82 Å². The van der Waals surface area contributed by atoms with Gasteiger partial charge in [-0.05, 0) is 74.3 Å². The van der Waals surface area contributed by atoms with Gasteiger partial charge in [0.2, 0.25) is 0 Å². The van der Waals surface area contributed by atoms with Crippen molar-refractivity contribution in [2.45, 2.75) is 11.4 Å². The Kier molecular flexibility index (Phi) is 8.25. The van der Waals surface area contributed by atoms with Crippen molar-refractivity contribution in [1.82, 2.24) is 9.80 Å². The zero-order valence-electron chi connectivity index (χ0n) is 19.3. The lowest BCUT2D eigenvalue weighted by Gasteiger charge is -2.25. The van der Waals surface area contributed by atoms with Crippen molar-refractivity contribution in [1.29, 1.82) is 0 Å². The zero-order valence-corrected chi connectivity index (χ0v) is 20.1. The second kappa shape index (κ2) is 11.1. The van der Waals surface area contributed by atoms with Crippen LogP contribution in [0.1, 0.15) is 15.9 Å². The third-order valence-electron chi connectivity index (χ3n) is 5.00. The van der Waals surface area contributed by atoms with Crippen molar-refractivity contribution in [3.63, 3.8) is 0 Å². The van der Waals surface area contributed by atoms with Crippen molar-refractivity contribution < 1.29 is 26.5 Å². The number of amides is 1. The van der Waals surface area contributed by atoms with Gasteiger partial charge in [-0.15, -0.1) is 0 Å². The molecule has 0 unspecified atom stereocenters. The molecule has 3 aromatic rings. The topological polar surface area (TPSA) is 76.2 Å². The Morgan fingerprint density at radius 2 is 1.62 bits per heavy atom. The van der Waals surface area contributed by atoms with E-state index < -0.39 is 15.9 Å². The van der Waals surface area contributed by atoms with Gasteiger partial charge in [-0.1, -0.05) is 18.2 Å². The Morgan fingerprint density at radius 1 is 0.912 bits per heavy atom. The van der Waals surface area contributed by atoms with Gasteiger partial charge in [0, 0.05) is 25.2 Å². The fourth-order valence-electron chi connectivity index (χ4n) is 3.21. The van der Waals surface area contributed by atoms with E-state index in [2.05, 4.69) is 0 Å². The van der Waals surface area contributed by atoms with Crippen LogP contribution in [0.15, 0.2) is 77.7 Å². The maximum Gasteiger partial charge on any atom is 0.339 e. The van der Waals surface area contributed by atoms with Crippen LogP contribution in [-0.4, -0.2) is 58.4 Å². The first-order valence-electron chi connectivity index (χ1n) is 10.5. The molecule has 3 aromatic carbocycles. The summed E-state index contributed by atoms with van der Waals surface area (Å²) in [6.07, 6.45) is 0. The number of hydrogen-bond acceptors (Lipinski definition) is 6. The first-order chi connectivity index (χ1) is 16.2. The van der Waals surface area contributed by atoms with Crippen molar-refractivity contribution >= 4 is 16.0 Å². The molecule has 0 spiro atoms. The summed E-state index contributed by atoms with van der Waals surface area (Å²) >= 11 is 0. The minimum Gasteiger partial charge on any atom is -0.497 e. The van der Waals surface area contributed by atoms with Crippen LogP contribution in [-0.2, 0) is 16.7 Å². The fourth-order valence-corrected chi connectivity index (χ4v) is 4.13. The molecule has 34 heavy (non-hydrogen) atoms. The molecule has 0 bridgehead atoms. The predicted octanol–water partition coefficient (Wildman–Crippen LogP) is 3.81. The first kappa shape index (κ1) is 25.2. The number of ether oxygens (including phenoxy) is 1. The number of carbonyl (C=O) groups excluding carboxylic acids is 1. The molecule has 0 aliphatic heterocycles. The van der Waals surface area contributed by atoms with Crippen molar-refractivity contribution in [2.24, 2.45) is 0 Å². The Morgan fingerprint density at radius 3 is 2.26 bits per heavy atom. The molecule has 0 saturated carbocycles. The molecule has 0 aromatic heterocycles. The van der Waals surface area contributed by atoms with Gasteiger partial charge in [0.1, 0.15) is 22.2 Å². The highest BCUT2D eigenvalue weighted by Gasteiger charge is 2.19. The van der Waals surface area contributed by atoms with Crippen molar-refractivity contribution in [3.05, 3.63) is 89.7 Å². The van der Waals surface area contributed by atoms with Crippen LogP contribution in [0.4, 0.5) is 4.39 Å². The number of halogens is 1. The summed E-state index contributed by atoms with van der Waals surface area (Å²) in [6, 6.07) is 17.9. The van der Waals surface area contributed by atoms with Crippen LogP contribution in [0.3, 0.4) is 0 Å². The van der Waals surface area contributed by atoms with Gasteiger partial charge in [0.05, 0.1) is 7.11 Å². The number of likely N-dealkylation sites (N-methyl/N-ethyl adjacent to an activating group) is 1. The standard InChI is InChI=1S/C25H27FN2O5S/c1-27(2)14-15-28(25(29)20-7-5-8-21(26)17-20)18-19-6-4-9-23(16-19)33-34(30,31)24-12-10-22(32-3)11-13-24/h4-13,16-17H,14-15,18H2,1-3H3. The average Bonchev–Trinajstić information content (AvgIpc) is 2.81. The van der Waals surface area contributed by atoms with Crippen molar-refractivity contribution in [2.75, 3.05) is 34.3 Å². The molecule has 9 heteroatoms. The van der Waals surface area contributed by atoms with Gasteiger partial charge in [-0.25, -0.2) is 4.39 Å². The molecule has 1 amide bonds. The van der Waals surface area contributed by atoms with Gasteiger partial charge in [-0.2, -0.15) is 8.42 Å². The molecule has 0 heterocycles. The highest BCUT2D eigenvalue weighted by molar-refractivity contribution is 7.87. The van der Waals surface area contributed by atoms with E-state index in [4.69, 9.17) is 8.92 Å². The van der Waals surface area contributed by atoms with Gasteiger partial charge in [0.25, 0.3) is 5.91 Å². The summed E-state index contributed by atoms with van der Waals surface area (Å²) < 4.78 is 49.4. The van der Waals surface area contributed by atoms with Crippen LogP contribution in [0.2, 0.25) is 0 Å². The highest BCUT2D eigenvalue weighted by atomic mass is 32.2. The van der Waals surface area contributed by atoms with Crippen LogP contribution >= 0.6 is 0 Å². The number of nitrogens with zero attached hydrogens (tertiary/aromatic N) is 2. The lowest BCUT2D eigenvalue weighted by molar-refractivity contribution is 0.0731. The summed E-state index contributed by atoms with van der Waals surface area (Å²) in [5.74, 6) is -0.156. The fraction of sp³-hybridized carbons (Fsp3) is 0.240. The Bertz CT molecular complexity index is 1230. The van der Waals surface area contributed by atoms with E-state index in [0.29, 0.717) is 24.4 Å². The molecule has 0 aliphatic carbocycles. The second-order valence-electron chi connectivity index (χ2n) is 7.90. The molecule has 0 aliphatic rings. The predicted molar refractivity (Wildman–Crippen MR) is 127 cm³/mol. The van der Waals surface area contributed by atoms with Crippen LogP contribution in [0.5, 0.6) is 11.5 Å². The molecule has 0 atom stereocenters. The smallest absolute Gasteiger partial charge is 0.339 e. The van der Waals surface area contributed by atoms with Gasteiger partial charge >= 0.3 is 10.1 Å². The Balaban J connectivity index is 1.80. The summed E-state index contributed by atoms with van der Waals surface area (Å²) in [5, 5.41) is 0. The lowest BCUT2D eigenvalue weighted by atomic mass is 10.1. The van der Waals surface area contributed by atoms with E-state index >= 15 is 0 Å². The maximum absolute atomic E-state index is 13.7. The molecule has 0 N–H and O–H groups in total. The number of hydrogen-bond donors (Lipinski definition) is 0. The largest absolute Gasteiger partial charge is 0.497 e. The second-order valence-corrected chi connectivity index (χ2v) is 9.45. The molecule has 7 nitrogen and oxygen atoms in total. The summed E-state index contributed by atoms with van der Waals surface area (Å²) in [5.41, 5.74) is 0.916. The highest BCUT2D eigenvalue weighted by Crippen LogP contribution is 2.23. The average molecular weight is 487 g/mol. The molecular formula is C25H27FN2O5S. The van der Waals surface area contributed by atoms with Gasteiger partial charge in [-0.3, -0.25) is 4.79 Å². The van der Waals surface area contributed by atoms with Crippen LogP contribution < -0.4 is 8.92 Å². The quantitative estimate of drug-likeness (QED) is 0.406. The number of benzene rings is 3. The summed E-state index contributed by atoms with van der Waals surface area (Å²) in [4.78, 5) is 16.6. The van der Waals surface area contributed by atoms with Gasteiger partial charge in [0.15, 0.2) is 0 Å². The van der Waals surface area contributed by atoms with E-state index in [1.807, 2.05) is 19.0 Å². The van der Waals surface area contributed by atoms with E-state index in [-0.39, 0.29) is 28.7 Å². The van der Waals surface area contributed by atoms with Crippen LogP contribution in [0.25, 0.3) is 0 Å². The number of rotatable bonds is 10. The minimum absolute atomic E-state index is 0.00686. The summed E-state index contributed by atoms with van der Waals surface area (Å²) in [7, 11) is 1.22. The minimum atomic E-state index is -4.05. The third kappa shape index (κ3) is 6.79. The number of methoxy groups -OCH3 is 1. The summed E-state index contributed by atoms with van der Waals surface area (Å²) in [6.45, 7) is 1.20. The van der Waals surface area contributed by atoms with Crippen molar-refractivity contribution in [3.8, 4) is 11.5 Å². The SMILES string of the molecule is COc1ccc(S(=O)(=O)Oc2cccc(CN(CCN(C)C)C(=O)c3cccc(F)c3)c2)cc1. The monoisotopic (exact) mass is 486 g/mol. The molecule has 0 fully saturated rings. The molecule has 0 radical (unpaired) electrons. The molecule has 3 rings (SSSR count). The lowest BCUT2D eigenvalue weighted by Crippen LogP contribution is -2.36.